The van der Waals surface area contributed by atoms with Crippen LogP contribution in [0.4, 0.5) is 4.39 Å². The van der Waals surface area contributed by atoms with Crippen LogP contribution in [-0.4, -0.2) is 24.5 Å². The molecule has 2 aromatic carbocycles. The van der Waals surface area contributed by atoms with Crippen LogP contribution < -0.4 is 0 Å². The van der Waals surface area contributed by atoms with E-state index < -0.39 is 5.26 Å². The largest absolute Gasteiger partial charge is 0.370 e. The third kappa shape index (κ3) is 2.94. The van der Waals surface area contributed by atoms with Crippen LogP contribution in [0.1, 0.15) is 11.1 Å². The van der Waals surface area contributed by atoms with Crippen LogP contribution in [0.25, 0.3) is 38.7 Å². The van der Waals surface area contributed by atoms with Gasteiger partial charge in [-0.15, -0.1) is 11.3 Å². The Morgan fingerprint density at radius 3 is 2.50 bits per heavy atom. The fourth-order valence-electron chi connectivity index (χ4n) is 3.33. The second-order valence-electron chi connectivity index (χ2n) is 6.28. The first-order valence-corrected chi connectivity index (χ1v) is 9.19. The molecule has 0 spiro atoms. The Hall–Kier alpha value is -2.54. The Morgan fingerprint density at radius 2 is 1.71 bits per heavy atom. The van der Waals surface area contributed by atoms with Crippen molar-refractivity contribution in [1.82, 2.24) is 24.5 Å². The zero-order valence-electron chi connectivity index (χ0n) is 14.9. The number of thiazole rings is 1. The summed E-state index contributed by atoms with van der Waals surface area (Å²) in [5.41, 5.74) is 5.79. The summed E-state index contributed by atoms with van der Waals surface area (Å²) in [4.78, 5) is 17.7. The Morgan fingerprint density at radius 1 is 0.964 bits per heavy atom. The summed E-state index contributed by atoms with van der Waals surface area (Å²) in [6, 6.07) is 14.1. The van der Waals surface area contributed by atoms with Crippen molar-refractivity contribution >= 4 is 32.8 Å². The van der Waals surface area contributed by atoms with Crippen molar-refractivity contribution in [2.24, 2.45) is 0 Å². The standard InChI is InChI=1S/C20H13FN5S.Ir/c1-11-6-5-7-12(2)16(11)26-15-9-4-3-8-13(15)24-18(26)14-10-22-19-17(23-14)25-20(21)27-19;/h3-9H,1-2H3;/q-1;. The average molecular weight is 567 g/mol. The van der Waals surface area contributed by atoms with Crippen LogP contribution >= 0.6 is 11.3 Å². The van der Waals surface area contributed by atoms with E-state index in [0.717, 1.165) is 39.2 Å². The van der Waals surface area contributed by atoms with Crippen molar-refractivity contribution in [2.45, 2.75) is 13.8 Å². The first-order valence-electron chi connectivity index (χ1n) is 8.38. The maximum atomic E-state index is 13.5. The third-order valence-electron chi connectivity index (χ3n) is 4.48. The van der Waals surface area contributed by atoms with Gasteiger partial charge in [-0.3, -0.25) is 9.97 Å². The molecule has 8 heteroatoms. The van der Waals surface area contributed by atoms with Gasteiger partial charge in [-0.25, -0.2) is 4.98 Å². The molecule has 0 fully saturated rings. The van der Waals surface area contributed by atoms with Crippen molar-refractivity contribution in [3.63, 3.8) is 0 Å². The molecule has 0 aliphatic rings. The number of hydrogen-bond donors (Lipinski definition) is 0. The summed E-state index contributed by atoms with van der Waals surface area (Å²) in [5.74, 6) is 0.608. The second-order valence-corrected chi connectivity index (χ2v) is 7.21. The molecule has 28 heavy (non-hydrogen) atoms. The molecule has 0 saturated heterocycles. The zero-order chi connectivity index (χ0) is 18.5. The van der Waals surface area contributed by atoms with E-state index in [9.17, 15) is 4.39 Å². The van der Waals surface area contributed by atoms with E-state index in [1.807, 2.05) is 30.3 Å². The summed E-state index contributed by atoms with van der Waals surface area (Å²) in [6.45, 7) is 4.13. The van der Waals surface area contributed by atoms with Gasteiger partial charge in [-0.05, 0) is 43.3 Å². The van der Waals surface area contributed by atoms with E-state index >= 15 is 0 Å². The molecule has 0 N–H and O–H groups in total. The molecule has 0 amide bonds. The number of rotatable bonds is 2. The molecule has 0 unspecified atom stereocenters. The molecule has 5 nitrogen and oxygen atoms in total. The number of aryl methyl sites for hydroxylation is 2. The molecule has 141 valence electrons. The number of fused-ring (bicyclic) bond motifs is 2. The van der Waals surface area contributed by atoms with Gasteiger partial charge in [0.05, 0.1) is 21.7 Å². The molecule has 0 atom stereocenters. The molecule has 5 aromatic rings. The molecule has 0 aliphatic heterocycles. The Bertz CT molecular complexity index is 1310. The minimum atomic E-state index is -0.557. The molecule has 3 aromatic heterocycles. The molecular formula is C20H13FIrN5S-. The summed E-state index contributed by atoms with van der Waals surface area (Å²) >= 11 is 0.857. The Balaban J connectivity index is 0.00000192. The summed E-state index contributed by atoms with van der Waals surface area (Å²) < 4.78 is 15.5. The number of imidazole rings is 1. The van der Waals surface area contributed by atoms with Crippen molar-refractivity contribution < 1.29 is 24.5 Å². The van der Waals surface area contributed by atoms with Gasteiger partial charge in [0, 0.05) is 31.5 Å². The van der Waals surface area contributed by atoms with E-state index in [2.05, 4.69) is 51.7 Å². The van der Waals surface area contributed by atoms with Crippen LogP contribution in [0, 0.1) is 25.3 Å². The van der Waals surface area contributed by atoms with Crippen molar-refractivity contribution in [1.29, 1.82) is 0 Å². The molecule has 3 heterocycles. The number of para-hydroxylation sites is 3. The molecule has 0 saturated carbocycles. The number of benzene rings is 2. The van der Waals surface area contributed by atoms with Crippen molar-refractivity contribution in [3.8, 4) is 17.2 Å². The van der Waals surface area contributed by atoms with Gasteiger partial charge in [0.15, 0.2) is 0 Å². The van der Waals surface area contributed by atoms with Gasteiger partial charge in [0.1, 0.15) is 5.65 Å². The van der Waals surface area contributed by atoms with E-state index in [1.165, 1.54) is 0 Å². The SMILES string of the molecule is Cc1cccc(C)c1-n1c(-c2[c-]nc3sc(F)nc3n2)nc2ccccc21.[Ir]. The van der Waals surface area contributed by atoms with E-state index in [0.29, 0.717) is 16.3 Å². The van der Waals surface area contributed by atoms with Gasteiger partial charge in [0.2, 0.25) is 0 Å². The Labute approximate surface area is 177 Å². The van der Waals surface area contributed by atoms with E-state index in [-0.39, 0.29) is 25.8 Å². The van der Waals surface area contributed by atoms with Crippen molar-refractivity contribution in [3.05, 3.63) is 65.0 Å². The maximum absolute atomic E-state index is 13.5. The third-order valence-corrected chi connectivity index (χ3v) is 5.21. The smallest absolute Gasteiger partial charge is 0.259 e. The fourth-order valence-corrected chi connectivity index (χ4v) is 3.89. The topological polar surface area (TPSA) is 56.5 Å². The summed E-state index contributed by atoms with van der Waals surface area (Å²) in [7, 11) is 0. The predicted octanol–water partition coefficient (Wildman–Crippen LogP) is 4.65. The molecule has 0 bridgehead atoms. The fraction of sp³-hybridized carbons (Fsp3) is 0.100. The molecule has 1 radical (unpaired) electrons. The number of nitrogens with zero attached hydrogens (tertiary/aromatic N) is 5. The van der Waals surface area contributed by atoms with Gasteiger partial charge in [-0.1, -0.05) is 30.3 Å². The molecular weight excluding hydrogens is 554 g/mol. The molecule has 0 aliphatic carbocycles. The predicted molar refractivity (Wildman–Crippen MR) is 104 cm³/mol. The number of hydrogen-bond acceptors (Lipinski definition) is 5. The van der Waals surface area contributed by atoms with Gasteiger partial charge < -0.3 is 9.55 Å². The van der Waals surface area contributed by atoms with Crippen molar-refractivity contribution in [2.75, 3.05) is 0 Å². The van der Waals surface area contributed by atoms with Gasteiger partial charge >= 0.3 is 0 Å². The van der Waals surface area contributed by atoms with Gasteiger partial charge in [0.25, 0.3) is 5.26 Å². The summed E-state index contributed by atoms with van der Waals surface area (Å²) in [5, 5.41) is -0.557. The van der Waals surface area contributed by atoms with Crippen LogP contribution in [0.5, 0.6) is 0 Å². The first kappa shape index (κ1) is 18.8. The van der Waals surface area contributed by atoms with Crippen LogP contribution in [0.3, 0.4) is 0 Å². The normalized spacial score (nSPS) is 11.1. The number of aromatic nitrogens is 5. The van der Waals surface area contributed by atoms with Crippen LogP contribution in [-0.2, 0) is 20.1 Å². The minimum absolute atomic E-state index is 0. The van der Waals surface area contributed by atoms with E-state index in [4.69, 9.17) is 4.98 Å². The van der Waals surface area contributed by atoms with Crippen LogP contribution in [0.2, 0.25) is 0 Å². The monoisotopic (exact) mass is 567 g/mol. The summed E-state index contributed by atoms with van der Waals surface area (Å²) in [6.07, 6.45) is 2.91. The maximum Gasteiger partial charge on any atom is 0.259 e. The van der Waals surface area contributed by atoms with Gasteiger partial charge in [-0.2, -0.15) is 4.39 Å². The average Bonchev–Trinajstić information content (AvgIpc) is 3.21. The molecule has 5 rings (SSSR count). The Kier molecular flexibility index (Phi) is 4.79. The second kappa shape index (κ2) is 7.13. The van der Waals surface area contributed by atoms with E-state index in [1.54, 1.807) is 0 Å². The zero-order valence-corrected chi connectivity index (χ0v) is 18.1. The minimum Gasteiger partial charge on any atom is -0.370 e. The first-order chi connectivity index (χ1) is 13.1. The number of halogens is 1. The van der Waals surface area contributed by atoms with Crippen LogP contribution in [0.15, 0.2) is 42.5 Å². The quantitative estimate of drug-likeness (QED) is 0.292.